The van der Waals surface area contributed by atoms with E-state index in [2.05, 4.69) is 245 Å². The number of nitrogens with zero attached hydrogens (tertiary/aromatic N) is 18. The molecule has 0 unspecified atom stereocenters. The maximum atomic E-state index is 7.93. The summed E-state index contributed by atoms with van der Waals surface area (Å²) in [5, 5.41) is 4.75. The first-order valence-corrected chi connectivity index (χ1v) is 33.8. The number of hydrogen-bond donors (Lipinski definition) is 0. The molecule has 0 saturated heterocycles. The number of para-hydroxylation sites is 2. The summed E-state index contributed by atoms with van der Waals surface area (Å²) in [5.74, 6) is 2.42. The minimum atomic E-state index is -2.20. The molecule has 97 heavy (non-hydrogen) atoms. The van der Waals surface area contributed by atoms with Gasteiger partial charge in [0.15, 0.2) is 41.0 Å². The molecule has 0 atom stereocenters. The number of thiazole rings is 2. The monoisotopic (exact) mass is 1300 g/mol. The first kappa shape index (κ1) is 51.2. The van der Waals surface area contributed by atoms with Crippen molar-refractivity contribution in [1.82, 2.24) is 60.8 Å². The quantitative estimate of drug-likeness (QED) is 0.140. The van der Waals surface area contributed by atoms with Crippen LogP contribution in [0, 0.1) is 0 Å². The summed E-state index contributed by atoms with van der Waals surface area (Å²) >= 11 is 3.40. The number of imidazole rings is 6. The summed E-state index contributed by atoms with van der Waals surface area (Å²) < 4.78 is 52.5. The molecule has 23 heterocycles. The lowest BCUT2D eigenvalue weighted by Gasteiger charge is -1.94. The average Bonchev–Trinajstić information content (AvgIpc) is 1.58. The molecule has 2 aromatic carbocycles. The predicted molar refractivity (Wildman–Crippen MR) is 374 cm³/mol. The molecule has 462 valence electrons. The topological polar surface area (TPSA) is 122 Å². The molecule has 0 saturated carbocycles. The fourth-order valence-electron chi connectivity index (χ4n) is 15.6. The zero-order chi connectivity index (χ0) is 66.2. The van der Waals surface area contributed by atoms with Crippen molar-refractivity contribution in [2.45, 2.75) is 32.7 Å². The molecule has 0 bridgehead atoms. The second kappa shape index (κ2) is 20.6. The highest BCUT2D eigenvalue weighted by Crippen LogP contribution is 2.42. The highest BCUT2D eigenvalue weighted by molar-refractivity contribution is 7.21. The molecule has 0 amide bonds. The first-order valence-electron chi connectivity index (χ1n) is 33.7. The summed E-state index contributed by atoms with van der Waals surface area (Å²) in [5.41, 5.74) is 25.7. The predicted octanol–water partition coefficient (Wildman–Crippen LogP) is 11.9. The Morgan fingerprint density at radius 2 is 1.00 bits per heavy atom. The van der Waals surface area contributed by atoms with Crippen LogP contribution in [-0.4, -0.2) is 60.8 Å². The number of benzene rings is 2. The van der Waals surface area contributed by atoms with Gasteiger partial charge in [-0.15, -0.1) is 0 Å². The van der Waals surface area contributed by atoms with E-state index in [9.17, 15) is 0 Å². The SMILES string of the molecule is Cn1c2ccccc2c2c1sc1[n+]2Cc2ccncc2-1.[2H]C([2H])([2H])n1c2ccccc2c2c1sc1[n+]2Cc2ccncc2-1.c1ccn2c(c1)c[n+]1cc3n(c21)Cc1ccncc1-3.c1ccn2c(c1)c[n+]1cn3c(c21)-c1cnccc1C3.c1ccn2c(c1)cn1c3[n+](cc12)Cc1ccncc1-3. The Bertz CT molecular complexity index is 6810. The Kier molecular flexibility index (Phi) is 10.9. The first-order chi connectivity index (χ1) is 49.1. The van der Waals surface area contributed by atoms with E-state index >= 15 is 0 Å². The Morgan fingerprint density at radius 1 is 0.464 bits per heavy atom. The molecule has 0 spiro atoms. The number of fused-ring (bicyclic) bond motifs is 35. The van der Waals surface area contributed by atoms with Crippen LogP contribution in [0.1, 0.15) is 31.9 Å². The van der Waals surface area contributed by atoms with Gasteiger partial charge in [0, 0.05) is 125 Å². The molecule has 20 heteroatoms. The van der Waals surface area contributed by atoms with Crippen molar-refractivity contribution < 1.29 is 26.6 Å². The van der Waals surface area contributed by atoms with E-state index in [0.717, 1.165) is 64.5 Å². The second-order valence-electron chi connectivity index (χ2n) is 25.2. The molecule has 0 radical (unpaired) electrons. The number of hydrogen-bond acceptors (Lipinski definition) is 7. The molecule has 0 aliphatic carbocycles. The van der Waals surface area contributed by atoms with Crippen LogP contribution in [-0.2, 0) is 46.7 Å². The summed E-state index contributed by atoms with van der Waals surface area (Å²) in [4.78, 5) is 23.4. The highest BCUT2D eigenvalue weighted by Gasteiger charge is 2.38. The zero-order valence-corrected chi connectivity index (χ0v) is 53.7. The summed E-state index contributed by atoms with van der Waals surface area (Å²) in [6.45, 7) is 2.32. The fourth-order valence-corrected chi connectivity index (χ4v) is 18.1. The van der Waals surface area contributed by atoms with Crippen LogP contribution in [0.5, 0.6) is 0 Å². The maximum Gasteiger partial charge on any atom is 0.374 e. The highest BCUT2D eigenvalue weighted by atomic mass is 32.1. The lowest BCUT2D eigenvalue weighted by molar-refractivity contribution is -0.670. The molecule has 0 fully saturated rings. The standard InChI is InChI=1S/2C16H12N3S.3C15H11N4/c2*1-18-13-5-3-2-4-11(13)14-16(18)20-15-12-8-17-7-6-10(12)9-19(14)15;1-2-6-19-12(3-1)9-18-10-17-8-11-4-5-16-7-13(11)14(17)15(18)19;1-2-6-18-12(3-1)9-19-14(18)10-17-8-11-4-5-16-7-13(11)15(17)19;1-2-6-18-12(3-1)9-17-10-14-13-7-16-5-4-11(13)8-19(14)15(17)18/h2*2-8H,9H2,1H3;3*1-7,9-10H,8H2/q5*+1/i1D3;;;;. The van der Waals surface area contributed by atoms with Crippen LogP contribution in [0.2, 0.25) is 0 Å². The lowest BCUT2D eigenvalue weighted by Crippen LogP contribution is -2.30. The van der Waals surface area contributed by atoms with Gasteiger partial charge in [-0.05, 0) is 114 Å². The van der Waals surface area contributed by atoms with Gasteiger partial charge >= 0.3 is 5.78 Å². The van der Waals surface area contributed by atoms with Gasteiger partial charge < -0.3 is 9.13 Å². The van der Waals surface area contributed by atoms with Gasteiger partial charge in [-0.3, -0.25) is 33.9 Å². The fraction of sp³-hybridized carbons (Fsp3) is 0.0909. The lowest BCUT2D eigenvalue weighted by atomic mass is 10.1. The van der Waals surface area contributed by atoms with Crippen LogP contribution in [0.4, 0.5) is 0 Å². The molecule has 0 N–H and O–H groups in total. The normalized spacial score (nSPS) is 13.6. The molecule has 20 aromatic rings. The minimum absolute atomic E-state index is 0.762. The van der Waals surface area contributed by atoms with E-state index in [1.54, 1.807) is 6.20 Å². The van der Waals surface area contributed by atoms with Gasteiger partial charge in [0.05, 0.1) is 69.5 Å². The Balaban J connectivity index is 0.0000000820. The van der Waals surface area contributed by atoms with E-state index in [1.807, 2.05) is 97.4 Å². The number of aryl methyl sites for hydroxylation is 2. The van der Waals surface area contributed by atoms with Crippen LogP contribution >= 0.6 is 22.7 Å². The number of aromatic nitrogens is 18. The average molecular weight is 1300 g/mol. The van der Waals surface area contributed by atoms with E-state index in [1.165, 1.54) is 143 Å². The van der Waals surface area contributed by atoms with Crippen molar-refractivity contribution in [1.29, 1.82) is 0 Å². The summed E-state index contributed by atoms with van der Waals surface area (Å²) in [6, 6.07) is 45.6. The van der Waals surface area contributed by atoms with Crippen LogP contribution < -0.4 is 22.5 Å². The summed E-state index contributed by atoms with van der Waals surface area (Å²) in [6.07, 6.45) is 38.4. The minimum Gasteiger partial charge on any atom is -0.330 e. The smallest absolute Gasteiger partial charge is 0.330 e. The van der Waals surface area contributed by atoms with Crippen molar-refractivity contribution in [3.63, 3.8) is 0 Å². The van der Waals surface area contributed by atoms with E-state index in [-0.39, 0.29) is 0 Å². The third kappa shape index (κ3) is 7.92. The van der Waals surface area contributed by atoms with Gasteiger partial charge in [-0.25, -0.2) is 26.7 Å². The van der Waals surface area contributed by atoms with E-state index < -0.39 is 6.98 Å². The molecule has 5 aliphatic rings. The van der Waals surface area contributed by atoms with Crippen molar-refractivity contribution in [3.05, 3.63) is 279 Å². The molecule has 18 aromatic heterocycles. The third-order valence-electron chi connectivity index (χ3n) is 19.9. The van der Waals surface area contributed by atoms with Crippen molar-refractivity contribution in [2.24, 2.45) is 14.0 Å². The maximum absolute atomic E-state index is 7.93. The van der Waals surface area contributed by atoms with Gasteiger partial charge in [0.25, 0.3) is 38.2 Å². The van der Waals surface area contributed by atoms with Crippen LogP contribution in [0.3, 0.4) is 0 Å². The summed E-state index contributed by atoms with van der Waals surface area (Å²) in [7, 11) is 2.15. The second-order valence-corrected chi connectivity index (χ2v) is 27.2. The third-order valence-corrected chi connectivity index (χ3v) is 22.4. The molecular weight excluding hydrogens is 1240 g/mol. The molecular formula is C77H57N18S2+5. The van der Waals surface area contributed by atoms with Gasteiger partial charge in [0.1, 0.15) is 48.1 Å². The largest absolute Gasteiger partial charge is 0.374 e. The Morgan fingerprint density at radius 3 is 1.68 bits per heavy atom. The van der Waals surface area contributed by atoms with Gasteiger partial charge in [0.2, 0.25) is 0 Å². The molecule has 5 aliphatic heterocycles. The molecule has 25 rings (SSSR count). The number of pyridine rings is 8. The van der Waals surface area contributed by atoms with Gasteiger partial charge in [-0.1, -0.05) is 42.5 Å². The zero-order valence-electron chi connectivity index (χ0n) is 55.1. The van der Waals surface area contributed by atoms with Gasteiger partial charge in [-0.2, -0.15) is 13.5 Å². The van der Waals surface area contributed by atoms with Crippen molar-refractivity contribution in [3.8, 4) is 55.0 Å². The van der Waals surface area contributed by atoms with E-state index in [0.29, 0.717) is 0 Å². The van der Waals surface area contributed by atoms with E-state index in [4.69, 9.17) is 4.11 Å². The van der Waals surface area contributed by atoms with Crippen molar-refractivity contribution >= 4 is 98.8 Å². The van der Waals surface area contributed by atoms with Crippen LogP contribution in [0.15, 0.2) is 251 Å². The Labute approximate surface area is 564 Å². The van der Waals surface area contributed by atoms with Crippen molar-refractivity contribution in [2.75, 3.05) is 0 Å². The number of rotatable bonds is 0. The Hall–Kier alpha value is -12.3. The molecule has 18 nitrogen and oxygen atoms in total. The van der Waals surface area contributed by atoms with Crippen LogP contribution in [0.25, 0.3) is 131 Å².